The second-order valence-electron chi connectivity index (χ2n) is 4.49. The van der Waals surface area contributed by atoms with E-state index in [2.05, 4.69) is 24.0 Å². The summed E-state index contributed by atoms with van der Waals surface area (Å²) in [4.78, 5) is 2.49. The molecule has 0 heterocycles. The smallest absolute Gasteiger partial charge is 0.0409 e. The van der Waals surface area contributed by atoms with E-state index in [1.54, 1.807) is 0 Å². The summed E-state index contributed by atoms with van der Waals surface area (Å²) in [6.07, 6.45) is 2.62. The highest BCUT2D eigenvalue weighted by molar-refractivity contribution is 6.30. The molecule has 1 fully saturated rings. The molecular formula is C13H19ClN2. The van der Waals surface area contributed by atoms with Crippen LogP contribution in [-0.2, 0) is 0 Å². The van der Waals surface area contributed by atoms with Gasteiger partial charge in [0.05, 0.1) is 0 Å². The van der Waals surface area contributed by atoms with E-state index < -0.39 is 0 Å². The summed E-state index contributed by atoms with van der Waals surface area (Å²) < 4.78 is 0. The van der Waals surface area contributed by atoms with Gasteiger partial charge in [0.2, 0.25) is 0 Å². The van der Waals surface area contributed by atoms with E-state index in [0.717, 1.165) is 24.2 Å². The summed E-state index contributed by atoms with van der Waals surface area (Å²) in [7, 11) is 0. The van der Waals surface area contributed by atoms with Gasteiger partial charge in [-0.1, -0.05) is 23.7 Å². The van der Waals surface area contributed by atoms with Crippen LogP contribution < -0.4 is 5.73 Å². The van der Waals surface area contributed by atoms with Gasteiger partial charge in [-0.05, 0) is 37.5 Å². The first-order chi connectivity index (χ1) is 7.72. The van der Waals surface area contributed by atoms with Crippen LogP contribution >= 0.6 is 11.6 Å². The average Bonchev–Trinajstić information content (AvgIpc) is 3.09. The van der Waals surface area contributed by atoms with E-state index in [1.807, 2.05) is 12.1 Å². The molecule has 1 aromatic carbocycles. The summed E-state index contributed by atoms with van der Waals surface area (Å²) in [6, 6.07) is 9.28. The Morgan fingerprint density at radius 2 is 2.25 bits per heavy atom. The van der Waals surface area contributed by atoms with Gasteiger partial charge in [0.25, 0.3) is 0 Å². The molecule has 0 saturated heterocycles. The van der Waals surface area contributed by atoms with Gasteiger partial charge in [0.15, 0.2) is 0 Å². The van der Waals surface area contributed by atoms with Crippen molar-refractivity contribution in [1.29, 1.82) is 0 Å². The molecule has 0 spiro atoms. The molecule has 0 bridgehead atoms. The van der Waals surface area contributed by atoms with Crippen molar-refractivity contribution in [3.05, 3.63) is 34.9 Å². The third kappa shape index (κ3) is 2.76. The molecule has 0 aliphatic heterocycles. The molecule has 2 N–H and O–H groups in total. The molecule has 0 amide bonds. The van der Waals surface area contributed by atoms with E-state index >= 15 is 0 Å². The number of hydrogen-bond donors (Lipinski definition) is 1. The first-order valence-corrected chi connectivity index (χ1v) is 6.31. The molecule has 16 heavy (non-hydrogen) atoms. The molecular weight excluding hydrogens is 220 g/mol. The minimum atomic E-state index is 0.412. The lowest BCUT2D eigenvalue weighted by atomic mass is 10.1. The van der Waals surface area contributed by atoms with Gasteiger partial charge in [0, 0.05) is 30.2 Å². The molecule has 88 valence electrons. The summed E-state index contributed by atoms with van der Waals surface area (Å²) in [5, 5.41) is 0.813. The lowest BCUT2D eigenvalue weighted by Crippen LogP contribution is -2.33. The number of benzene rings is 1. The van der Waals surface area contributed by atoms with Crippen molar-refractivity contribution in [1.82, 2.24) is 4.90 Å². The molecule has 0 radical (unpaired) electrons. The maximum absolute atomic E-state index is 6.02. The Balaban J connectivity index is 2.12. The van der Waals surface area contributed by atoms with Crippen LogP contribution in [0.3, 0.4) is 0 Å². The third-order valence-electron chi connectivity index (χ3n) is 3.23. The molecule has 1 aliphatic carbocycles. The fourth-order valence-electron chi connectivity index (χ4n) is 2.21. The highest BCUT2D eigenvalue weighted by atomic mass is 35.5. The zero-order valence-corrected chi connectivity index (χ0v) is 10.5. The summed E-state index contributed by atoms with van der Waals surface area (Å²) in [6.45, 7) is 3.93. The van der Waals surface area contributed by atoms with Gasteiger partial charge in [0.1, 0.15) is 0 Å². The fraction of sp³-hybridized carbons (Fsp3) is 0.538. The normalized spacial score (nSPS) is 17.8. The summed E-state index contributed by atoms with van der Waals surface area (Å²) in [5.74, 6) is 0. The standard InChI is InChI=1S/C13H19ClN2/c1-10(11-3-2-4-12(14)9-11)16(8-7-15)13-5-6-13/h2-4,9-10,13H,5-8,15H2,1H3/t10-/m0/s1. The number of halogens is 1. The second kappa shape index (κ2) is 5.17. The molecule has 0 aromatic heterocycles. The maximum atomic E-state index is 6.02. The van der Waals surface area contributed by atoms with Gasteiger partial charge in [-0.25, -0.2) is 0 Å². The summed E-state index contributed by atoms with van der Waals surface area (Å²) >= 11 is 6.02. The lowest BCUT2D eigenvalue weighted by molar-refractivity contribution is 0.206. The zero-order valence-electron chi connectivity index (χ0n) is 9.70. The van der Waals surface area contributed by atoms with Crippen molar-refractivity contribution < 1.29 is 0 Å². The van der Waals surface area contributed by atoms with Crippen LogP contribution in [0.4, 0.5) is 0 Å². The minimum absolute atomic E-state index is 0.412. The van der Waals surface area contributed by atoms with Crippen LogP contribution in [0.5, 0.6) is 0 Å². The van der Waals surface area contributed by atoms with Crippen LogP contribution in [0.15, 0.2) is 24.3 Å². The van der Waals surface area contributed by atoms with Crippen LogP contribution in [0.25, 0.3) is 0 Å². The van der Waals surface area contributed by atoms with Gasteiger partial charge in [-0.3, -0.25) is 4.90 Å². The first-order valence-electron chi connectivity index (χ1n) is 5.93. The SMILES string of the molecule is C[C@@H](c1cccc(Cl)c1)N(CCN)C1CC1. The van der Waals surface area contributed by atoms with E-state index in [4.69, 9.17) is 17.3 Å². The van der Waals surface area contributed by atoms with Gasteiger partial charge in [-0.15, -0.1) is 0 Å². The van der Waals surface area contributed by atoms with E-state index in [-0.39, 0.29) is 0 Å². The quantitative estimate of drug-likeness (QED) is 0.855. The second-order valence-corrected chi connectivity index (χ2v) is 4.93. The van der Waals surface area contributed by atoms with Crippen LogP contribution in [0.2, 0.25) is 5.02 Å². The Morgan fingerprint density at radius 3 is 2.81 bits per heavy atom. The van der Waals surface area contributed by atoms with Crippen molar-refractivity contribution in [2.24, 2.45) is 5.73 Å². The molecule has 2 nitrogen and oxygen atoms in total. The van der Waals surface area contributed by atoms with Crippen molar-refractivity contribution in [2.45, 2.75) is 31.8 Å². The Hall–Kier alpha value is -0.570. The molecule has 0 unspecified atom stereocenters. The van der Waals surface area contributed by atoms with Crippen LogP contribution in [0, 0.1) is 0 Å². The largest absolute Gasteiger partial charge is 0.329 e. The highest BCUT2D eigenvalue weighted by Gasteiger charge is 2.31. The Morgan fingerprint density at radius 1 is 1.50 bits per heavy atom. The van der Waals surface area contributed by atoms with Crippen LogP contribution in [-0.4, -0.2) is 24.0 Å². The van der Waals surface area contributed by atoms with Crippen molar-refractivity contribution in [3.63, 3.8) is 0 Å². The number of nitrogens with zero attached hydrogens (tertiary/aromatic N) is 1. The monoisotopic (exact) mass is 238 g/mol. The predicted octanol–water partition coefficient (Wildman–Crippen LogP) is 2.82. The summed E-state index contributed by atoms with van der Waals surface area (Å²) in [5.41, 5.74) is 6.96. The Labute approximate surface area is 102 Å². The number of hydrogen-bond acceptors (Lipinski definition) is 2. The number of rotatable bonds is 5. The minimum Gasteiger partial charge on any atom is -0.329 e. The third-order valence-corrected chi connectivity index (χ3v) is 3.47. The molecule has 2 rings (SSSR count). The maximum Gasteiger partial charge on any atom is 0.0409 e. The number of nitrogens with two attached hydrogens (primary N) is 1. The van der Waals surface area contributed by atoms with Crippen molar-refractivity contribution >= 4 is 11.6 Å². The van der Waals surface area contributed by atoms with E-state index in [0.29, 0.717) is 6.04 Å². The van der Waals surface area contributed by atoms with Crippen molar-refractivity contribution in [2.75, 3.05) is 13.1 Å². The molecule has 1 aliphatic rings. The molecule has 1 atom stereocenters. The average molecular weight is 239 g/mol. The fourth-order valence-corrected chi connectivity index (χ4v) is 2.40. The van der Waals surface area contributed by atoms with E-state index in [9.17, 15) is 0 Å². The van der Waals surface area contributed by atoms with Crippen LogP contribution in [0.1, 0.15) is 31.4 Å². The Bertz CT molecular complexity index is 350. The van der Waals surface area contributed by atoms with Gasteiger partial charge < -0.3 is 5.73 Å². The predicted molar refractivity (Wildman–Crippen MR) is 68.6 cm³/mol. The lowest BCUT2D eigenvalue weighted by Gasteiger charge is -2.29. The zero-order chi connectivity index (χ0) is 11.5. The van der Waals surface area contributed by atoms with Crippen molar-refractivity contribution in [3.8, 4) is 0 Å². The molecule has 3 heteroatoms. The van der Waals surface area contributed by atoms with E-state index in [1.165, 1.54) is 18.4 Å². The van der Waals surface area contributed by atoms with Gasteiger partial charge in [-0.2, -0.15) is 0 Å². The molecule has 1 aromatic rings. The van der Waals surface area contributed by atoms with Gasteiger partial charge >= 0.3 is 0 Å². The molecule has 1 saturated carbocycles. The topological polar surface area (TPSA) is 29.3 Å². The highest BCUT2D eigenvalue weighted by Crippen LogP contribution is 2.34. The first kappa shape index (κ1) is 11.9. The Kier molecular flexibility index (Phi) is 3.85.